The Balaban J connectivity index is 1.72. The highest BCUT2D eigenvalue weighted by Gasteiger charge is 2.23. The van der Waals surface area contributed by atoms with E-state index in [1.54, 1.807) is 24.3 Å². The van der Waals surface area contributed by atoms with Crippen molar-refractivity contribution in [2.24, 2.45) is 0 Å². The summed E-state index contributed by atoms with van der Waals surface area (Å²) in [6.07, 6.45) is 4.89. The first-order valence-corrected chi connectivity index (χ1v) is 12.4. The van der Waals surface area contributed by atoms with Gasteiger partial charge in [-0.1, -0.05) is 29.8 Å². The molecular formula is C27H32N4O2S. The predicted molar refractivity (Wildman–Crippen MR) is 140 cm³/mol. The molecule has 0 saturated carbocycles. The SMILES string of the molecule is CC(=O)c1cccc(-c2cc3c(n(CC=C(C)C)c2=O)CCN(Cc2cnc(N(C)C)s2)C3)c1. The summed E-state index contributed by atoms with van der Waals surface area (Å²) in [5, 5.41) is 1.01. The third-order valence-corrected chi connectivity index (χ3v) is 7.26. The van der Waals surface area contributed by atoms with E-state index in [1.807, 2.05) is 54.0 Å². The number of ketones is 1. The number of hydrogen-bond donors (Lipinski definition) is 0. The van der Waals surface area contributed by atoms with E-state index in [0.29, 0.717) is 17.7 Å². The predicted octanol–water partition coefficient (Wildman–Crippen LogP) is 4.76. The molecule has 0 aliphatic carbocycles. The van der Waals surface area contributed by atoms with Gasteiger partial charge in [0.05, 0.1) is 0 Å². The van der Waals surface area contributed by atoms with Crippen LogP contribution in [0.2, 0.25) is 0 Å². The summed E-state index contributed by atoms with van der Waals surface area (Å²) in [5.74, 6) is -0.00231. The summed E-state index contributed by atoms with van der Waals surface area (Å²) >= 11 is 1.72. The molecule has 0 radical (unpaired) electrons. The highest BCUT2D eigenvalue weighted by molar-refractivity contribution is 7.15. The molecule has 1 aromatic carbocycles. The second-order valence-corrected chi connectivity index (χ2v) is 10.4. The van der Waals surface area contributed by atoms with Crippen LogP contribution in [0.3, 0.4) is 0 Å². The molecule has 0 N–H and O–H groups in total. The summed E-state index contributed by atoms with van der Waals surface area (Å²) in [5.41, 5.74) is 5.54. The van der Waals surface area contributed by atoms with Crippen LogP contribution in [0.4, 0.5) is 5.13 Å². The maximum absolute atomic E-state index is 13.6. The standard InChI is InChI=1S/C27H32N4O2S/c1-18(2)9-12-31-25-10-11-30(17-23-15-28-27(34-23)29(4)5)16-22(25)14-24(26(31)33)21-8-6-7-20(13-21)19(3)32/h6-9,13-15H,10-12,16-17H2,1-5H3. The number of pyridine rings is 1. The Labute approximate surface area is 205 Å². The number of benzene rings is 1. The molecule has 3 heterocycles. The summed E-state index contributed by atoms with van der Waals surface area (Å²) in [7, 11) is 4.02. The molecule has 1 aliphatic heterocycles. The van der Waals surface area contributed by atoms with Gasteiger partial charge in [0.15, 0.2) is 10.9 Å². The molecule has 1 aliphatic rings. The fourth-order valence-corrected chi connectivity index (χ4v) is 5.16. The summed E-state index contributed by atoms with van der Waals surface area (Å²) in [6, 6.07) is 9.44. The minimum absolute atomic E-state index is 0.00231. The van der Waals surface area contributed by atoms with Gasteiger partial charge in [-0.3, -0.25) is 14.5 Å². The number of allylic oxidation sites excluding steroid dienone is 2. The molecule has 0 saturated heterocycles. The fourth-order valence-electron chi connectivity index (χ4n) is 4.29. The zero-order valence-electron chi connectivity index (χ0n) is 20.6. The van der Waals surface area contributed by atoms with Crippen LogP contribution in [0.1, 0.15) is 47.3 Å². The van der Waals surface area contributed by atoms with Crippen LogP contribution in [0.5, 0.6) is 0 Å². The number of nitrogens with zero attached hydrogens (tertiary/aromatic N) is 4. The quantitative estimate of drug-likeness (QED) is 0.363. The number of Topliss-reactive ketones (excluding diaryl/α,β-unsaturated/α-hetero) is 1. The average molecular weight is 477 g/mol. The Bertz CT molecular complexity index is 1300. The van der Waals surface area contributed by atoms with Gasteiger partial charge in [-0.05, 0) is 44.0 Å². The monoisotopic (exact) mass is 476 g/mol. The minimum atomic E-state index is -0.00231. The molecule has 3 aromatic rings. The molecule has 0 atom stereocenters. The van der Waals surface area contributed by atoms with Gasteiger partial charge < -0.3 is 9.47 Å². The Kier molecular flexibility index (Phi) is 7.14. The lowest BCUT2D eigenvalue weighted by Gasteiger charge is -2.30. The van der Waals surface area contributed by atoms with E-state index in [0.717, 1.165) is 42.4 Å². The number of anilines is 1. The summed E-state index contributed by atoms with van der Waals surface area (Å²) in [6.45, 7) is 8.73. The van der Waals surface area contributed by atoms with Crippen LogP contribution < -0.4 is 10.5 Å². The van der Waals surface area contributed by atoms with Gasteiger partial charge in [-0.2, -0.15) is 0 Å². The Hall–Kier alpha value is -3.03. The molecule has 4 rings (SSSR count). The zero-order chi connectivity index (χ0) is 24.4. The van der Waals surface area contributed by atoms with Crippen molar-refractivity contribution in [3.63, 3.8) is 0 Å². The third kappa shape index (κ3) is 5.21. The lowest BCUT2D eigenvalue weighted by Crippen LogP contribution is -2.36. The molecule has 0 amide bonds. The van der Waals surface area contributed by atoms with Crippen LogP contribution in [-0.4, -0.2) is 40.9 Å². The zero-order valence-corrected chi connectivity index (χ0v) is 21.4. The Morgan fingerprint density at radius 1 is 1.21 bits per heavy atom. The van der Waals surface area contributed by atoms with Gasteiger partial charge in [0, 0.05) is 74.6 Å². The number of thiazole rings is 1. The van der Waals surface area contributed by atoms with Crippen molar-refractivity contribution in [2.75, 3.05) is 25.5 Å². The van der Waals surface area contributed by atoms with Crippen LogP contribution in [-0.2, 0) is 26.1 Å². The molecule has 7 heteroatoms. The molecule has 6 nitrogen and oxygen atoms in total. The maximum Gasteiger partial charge on any atom is 0.258 e. The van der Waals surface area contributed by atoms with E-state index >= 15 is 0 Å². The van der Waals surface area contributed by atoms with Crippen LogP contribution in [0.15, 0.2) is 53.0 Å². The van der Waals surface area contributed by atoms with Crippen LogP contribution >= 0.6 is 11.3 Å². The lowest BCUT2D eigenvalue weighted by molar-refractivity contribution is 0.101. The first kappa shape index (κ1) is 24.1. The number of aromatic nitrogens is 2. The maximum atomic E-state index is 13.6. The molecule has 0 bridgehead atoms. The third-order valence-electron chi connectivity index (χ3n) is 6.11. The normalized spacial score (nSPS) is 13.4. The average Bonchev–Trinajstić information content (AvgIpc) is 3.27. The number of hydrogen-bond acceptors (Lipinski definition) is 6. The van der Waals surface area contributed by atoms with Gasteiger partial charge in [0.2, 0.25) is 0 Å². The van der Waals surface area contributed by atoms with Crippen LogP contribution in [0, 0.1) is 0 Å². The van der Waals surface area contributed by atoms with Crippen molar-refractivity contribution in [1.29, 1.82) is 0 Å². The Morgan fingerprint density at radius 2 is 2.00 bits per heavy atom. The largest absolute Gasteiger partial charge is 0.354 e. The van der Waals surface area contributed by atoms with Crippen molar-refractivity contribution in [1.82, 2.24) is 14.5 Å². The molecular weight excluding hydrogens is 444 g/mol. The molecule has 34 heavy (non-hydrogen) atoms. The Morgan fingerprint density at radius 3 is 2.68 bits per heavy atom. The van der Waals surface area contributed by atoms with Gasteiger partial charge in [0.25, 0.3) is 5.56 Å². The molecule has 2 aromatic heterocycles. The van der Waals surface area contributed by atoms with Crippen LogP contribution in [0.25, 0.3) is 11.1 Å². The highest BCUT2D eigenvalue weighted by atomic mass is 32.1. The minimum Gasteiger partial charge on any atom is -0.354 e. The smallest absolute Gasteiger partial charge is 0.258 e. The van der Waals surface area contributed by atoms with Gasteiger partial charge in [0.1, 0.15) is 0 Å². The second-order valence-electron chi connectivity index (χ2n) is 9.33. The lowest BCUT2D eigenvalue weighted by atomic mass is 9.97. The number of carbonyl (C=O) groups excluding carboxylic acids is 1. The van der Waals surface area contributed by atoms with Gasteiger partial charge in [-0.25, -0.2) is 4.98 Å². The van der Waals surface area contributed by atoms with E-state index in [4.69, 9.17) is 0 Å². The second kappa shape index (κ2) is 10.1. The van der Waals surface area contributed by atoms with E-state index in [9.17, 15) is 9.59 Å². The topological polar surface area (TPSA) is 58.4 Å². The fraction of sp³-hybridized carbons (Fsp3) is 0.370. The molecule has 0 spiro atoms. The van der Waals surface area contributed by atoms with Crippen molar-refractivity contribution < 1.29 is 4.79 Å². The van der Waals surface area contributed by atoms with Gasteiger partial charge >= 0.3 is 0 Å². The summed E-state index contributed by atoms with van der Waals surface area (Å²) < 4.78 is 1.92. The number of fused-ring (bicyclic) bond motifs is 1. The number of carbonyl (C=O) groups is 1. The van der Waals surface area contributed by atoms with E-state index in [-0.39, 0.29) is 11.3 Å². The van der Waals surface area contributed by atoms with E-state index < -0.39 is 0 Å². The number of rotatable bonds is 7. The van der Waals surface area contributed by atoms with Crippen molar-refractivity contribution in [3.05, 3.63) is 80.2 Å². The van der Waals surface area contributed by atoms with Gasteiger partial charge in [-0.15, -0.1) is 11.3 Å². The molecule has 178 valence electrons. The van der Waals surface area contributed by atoms with E-state index in [1.165, 1.54) is 16.0 Å². The van der Waals surface area contributed by atoms with Crippen molar-refractivity contribution >= 4 is 22.3 Å². The summed E-state index contributed by atoms with van der Waals surface area (Å²) in [4.78, 5) is 35.7. The van der Waals surface area contributed by atoms with Crippen molar-refractivity contribution in [2.45, 2.75) is 46.8 Å². The highest BCUT2D eigenvalue weighted by Crippen LogP contribution is 2.27. The molecule has 0 fully saturated rings. The molecule has 0 unspecified atom stereocenters. The first-order chi connectivity index (χ1) is 16.2. The first-order valence-electron chi connectivity index (χ1n) is 11.6. The van der Waals surface area contributed by atoms with Crippen molar-refractivity contribution in [3.8, 4) is 11.1 Å². The van der Waals surface area contributed by atoms with E-state index in [2.05, 4.69) is 29.8 Å².